The molecule has 1 unspecified atom stereocenters. The fourth-order valence-corrected chi connectivity index (χ4v) is 8.66. The van der Waals surface area contributed by atoms with Gasteiger partial charge >= 0.3 is 6.03 Å². The summed E-state index contributed by atoms with van der Waals surface area (Å²) >= 11 is 1.44. The lowest BCUT2D eigenvalue weighted by Gasteiger charge is -2.57. The number of urea groups is 1. The molecule has 1 aromatic carbocycles. The fraction of sp³-hybridized carbons (Fsp3) is 0.714. The fourth-order valence-electron chi connectivity index (χ4n) is 7.74. The van der Waals surface area contributed by atoms with Crippen LogP contribution in [0.4, 0.5) is 4.79 Å². The van der Waals surface area contributed by atoms with Crippen LogP contribution in [-0.4, -0.2) is 39.9 Å². The van der Waals surface area contributed by atoms with E-state index in [0.29, 0.717) is 0 Å². The van der Waals surface area contributed by atoms with Crippen molar-refractivity contribution in [2.45, 2.75) is 96.6 Å². The highest BCUT2D eigenvalue weighted by molar-refractivity contribution is 8.13. The van der Waals surface area contributed by atoms with E-state index in [1.165, 1.54) is 53.3 Å². The Morgan fingerprint density at radius 3 is 2.39 bits per heavy atom. The van der Waals surface area contributed by atoms with Gasteiger partial charge in [-0.1, -0.05) is 29.5 Å². The number of amides is 2. The van der Waals surface area contributed by atoms with E-state index in [0.717, 1.165) is 75.0 Å². The number of likely N-dealkylation sites (tertiary alicyclic amines) is 1. The third-order valence-electron chi connectivity index (χ3n) is 8.95. The Bertz CT molecular complexity index is 891. The van der Waals surface area contributed by atoms with E-state index in [-0.39, 0.29) is 22.7 Å². The summed E-state index contributed by atoms with van der Waals surface area (Å²) in [5, 5.41) is 3.67. The van der Waals surface area contributed by atoms with Crippen LogP contribution >= 0.6 is 11.8 Å². The Morgan fingerprint density at radius 2 is 1.73 bits per heavy atom. The molecule has 6 rings (SSSR count). The molecule has 4 saturated carbocycles. The van der Waals surface area contributed by atoms with Crippen molar-refractivity contribution in [3.63, 3.8) is 0 Å². The average Bonchev–Trinajstić information content (AvgIpc) is 3.23. The van der Waals surface area contributed by atoms with E-state index in [2.05, 4.69) is 38.2 Å². The number of carbonyl (C=O) groups excluding carboxylic acids is 2. The summed E-state index contributed by atoms with van der Waals surface area (Å²) in [5.41, 5.74) is 5.45. The molecule has 1 atom stereocenters. The van der Waals surface area contributed by atoms with E-state index in [1.807, 2.05) is 4.90 Å². The van der Waals surface area contributed by atoms with E-state index in [1.54, 1.807) is 0 Å². The van der Waals surface area contributed by atoms with Crippen LogP contribution in [0.5, 0.6) is 0 Å². The van der Waals surface area contributed by atoms with Gasteiger partial charge in [-0.3, -0.25) is 4.79 Å². The Balaban J connectivity index is 1.13. The minimum Gasteiger partial charge on any atom is -0.333 e. The van der Waals surface area contributed by atoms with E-state index in [4.69, 9.17) is 0 Å². The van der Waals surface area contributed by atoms with Crippen LogP contribution in [0.15, 0.2) is 12.1 Å². The molecular weight excluding hydrogens is 428 g/mol. The topological polar surface area (TPSA) is 49.4 Å². The van der Waals surface area contributed by atoms with Crippen LogP contribution in [-0.2, 0) is 11.2 Å². The molecule has 4 bridgehead atoms. The first-order chi connectivity index (χ1) is 15.8. The van der Waals surface area contributed by atoms with Gasteiger partial charge < -0.3 is 10.2 Å². The Labute approximate surface area is 203 Å². The third kappa shape index (κ3) is 4.85. The van der Waals surface area contributed by atoms with Crippen molar-refractivity contribution in [2.24, 2.45) is 17.8 Å². The first-order valence-electron chi connectivity index (χ1n) is 13.1. The van der Waals surface area contributed by atoms with E-state index in [9.17, 15) is 9.59 Å². The molecule has 5 heteroatoms. The van der Waals surface area contributed by atoms with Crippen LogP contribution in [0.3, 0.4) is 0 Å². The number of nitrogens with one attached hydrogen (secondary N) is 1. The number of hydrogen-bond donors (Lipinski definition) is 1. The molecule has 1 N–H and O–H groups in total. The lowest BCUT2D eigenvalue weighted by atomic mass is 9.53. The molecule has 0 spiro atoms. The molecule has 5 aliphatic rings. The molecule has 180 valence electrons. The van der Waals surface area contributed by atoms with E-state index >= 15 is 0 Å². The smallest absolute Gasteiger partial charge is 0.318 e. The van der Waals surface area contributed by atoms with Crippen LogP contribution in [0, 0.1) is 38.5 Å². The van der Waals surface area contributed by atoms with Crippen molar-refractivity contribution < 1.29 is 9.59 Å². The van der Waals surface area contributed by atoms with Gasteiger partial charge in [0.2, 0.25) is 5.12 Å². The number of carbonyl (C=O) groups is 2. The second-order valence-electron chi connectivity index (χ2n) is 11.6. The van der Waals surface area contributed by atoms with Gasteiger partial charge in [0, 0.05) is 17.8 Å². The van der Waals surface area contributed by atoms with Crippen molar-refractivity contribution in [1.82, 2.24) is 10.2 Å². The van der Waals surface area contributed by atoms with Crippen LogP contribution < -0.4 is 5.32 Å². The largest absolute Gasteiger partial charge is 0.333 e. The zero-order valence-electron chi connectivity index (χ0n) is 20.6. The first-order valence-corrected chi connectivity index (χ1v) is 14.1. The summed E-state index contributed by atoms with van der Waals surface area (Å²) in [6.07, 6.45) is 11.3. The summed E-state index contributed by atoms with van der Waals surface area (Å²) in [6.45, 7) is 7.24. The van der Waals surface area contributed by atoms with Gasteiger partial charge in [0.25, 0.3) is 0 Å². The van der Waals surface area contributed by atoms with Gasteiger partial charge in [-0.25, -0.2) is 4.79 Å². The minimum absolute atomic E-state index is 0.0129. The van der Waals surface area contributed by atoms with Gasteiger partial charge in [-0.05, 0) is 119 Å². The molecule has 1 aromatic rings. The second-order valence-corrected chi connectivity index (χ2v) is 12.7. The number of nitrogens with zero attached hydrogens (tertiary/aromatic N) is 1. The van der Waals surface area contributed by atoms with Gasteiger partial charge in [-0.15, -0.1) is 0 Å². The van der Waals surface area contributed by atoms with Crippen molar-refractivity contribution in [1.29, 1.82) is 0 Å². The second kappa shape index (κ2) is 9.28. The predicted octanol–water partition coefficient (Wildman–Crippen LogP) is 5.95. The molecule has 1 heterocycles. The normalized spacial score (nSPS) is 32.4. The molecule has 4 aliphatic carbocycles. The van der Waals surface area contributed by atoms with Crippen LogP contribution in [0.2, 0.25) is 0 Å². The SMILES string of the molecule is Cc1cc(C)c(C)c(CCCSC(=O)C2CCCN2C(=O)NC23CC4CC(CC(C4)C2)C3)c1. The van der Waals surface area contributed by atoms with Gasteiger partial charge in [0.05, 0.1) is 0 Å². The minimum atomic E-state index is -0.244. The molecule has 1 saturated heterocycles. The van der Waals surface area contributed by atoms with Crippen LogP contribution in [0.1, 0.15) is 80.0 Å². The summed E-state index contributed by atoms with van der Waals surface area (Å²) in [5.74, 6) is 3.25. The monoisotopic (exact) mass is 468 g/mol. The zero-order valence-corrected chi connectivity index (χ0v) is 21.4. The standard InChI is InChI=1S/C28H40N2O2S/c1-18-10-19(2)20(3)24(11-18)6-5-9-33-26(31)25-7-4-8-30(25)27(32)29-28-15-21-12-22(16-28)14-23(13-21)17-28/h10-11,21-23,25H,4-9,12-17H2,1-3H3,(H,29,32). The first kappa shape index (κ1) is 23.3. The van der Waals surface area contributed by atoms with Crippen molar-refractivity contribution in [2.75, 3.05) is 12.3 Å². The molecular formula is C28H40N2O2S. The van der Waals surface area contributed by atoms with Gasteiger partial charge in [0.15, 0.2) is 0 Å². The molecule has 0 radical (unpaired) electrons. The van der Waals surface area contributed by atoms with Crippen molar-refractivity contribution in [3.05, 3.63) is 34.4 Å². The maximum absolute atomic E-state index is 13.3. The number of rotatable bonds is 6. The number of benzene rings is 1. The predicted molar refractivity (Wildman–Crippen MR) is 136 cm³/mol. The summed E-state index contributed by atoms with van der Waals surface area (Å²) in [6, 6.07) is 4.30. The lowest BCUT2D eigenvalue weighted by Crippen LogP contribution is -2.62. The Morgan fingerprint density at radius 1 is 1.06 bits per heavy atom. The van der Waals surface area contributed by atoms with Gasteiger partial charge in [0.1, 0.15) is 6.04 Å². The van der Waals surface area contributed by atoms with E-state index < -0.39 is 0 Å². The Hall–Kier alpha value is -1.49. The molecule has 1 aliphatic heterocycles. The molecule has 4 nitrogen and oxygen atoms in total. The molecule has 0 aromatic heterocycles. The zero-order chi connectivity index (χ0) is 23.2. The summed E-state index contributed by atoms with van der Waals surface area (Å²) < 4.78 is 0. The molecule has 2 amide bonds. The summed E-state index contributed by atoms with van der Waals surface area (Å²) in [4.78, 5) is 28.2. The number of aryl methyl sites for hydroxylation is 3. The third-order valence-corrected chi connectivity index (χ3v) is 10.00. The highest BCUT2D eigenvalue weighted by Gasteiger charge is 2.52. The number of thioether (sulfide) groups is 1. The molecule has 5 fully saturated rings. The highest BCUT2D eigenvalue weighted by Crippen LogP contribution is 2.55. The average molecular weight is 469 g/mol. The quantitative estimate of drug-likeness (QED) is 0.525. The Kier molecular flexibility index (Phi) is 6.54. The summed E-state index contributed by atoms with van der Waals surface area (Å²) in [7, 11) is 0. The maximum atomic E-state index is 13.3. The number of hydrogen-bond acceptors (Lipinski definition) is 3. The highest BCUT2D eigenvalue weighted by atomic mass is 32.2. The van der Waals surface area contributed by atoms with Crippen LogP contribution in [0.25, 0.3) is 0 Å². The maximum Gasteiger partial charge on any atom is 0.318 e. The van der Waals surface area contributed by atoms with Crippen molar-refractivity contribution in [3.8, 4) is 0 Å². The van der Waals surface area contributed by atoms with Crippen molar-refractivity contribution >= 4 is 22.9 Å². The lowest BCUT2D eigenvalue weighted by molar-refractivity contribution is -0.114. The molecule has 33 heavy (non-hydrogen) atoms. The van der Waals surface area contributed by atoms with Gasteiger partial charge in [-0.2, -0.15) is 0 Å².